The summed E-state index contributed by atoms with van der Waals surface area (Å²) in [6, 6.07) is 0. The van der Waals surface area contributed by atoms with Crippen LogP contribution in [-0.2, 0) is 0 Å². The van der Waals surface area contributed by atoms with Crippen molar-refractivity contribution in [3.8, 4) is 0 Å². The van der Waals surface area contributed by atoms with E-state index in [2.05, 4.69) is 0 Å². The molecule has 0 rings (SSSR count). The Morgan fingerprint density at radius 3 is 0.333 bits per heavy atom. The maximum Gasteiger partial charge on any atom is 2.00 e. The molecule has 0 aromatic heterocycles. The second-order valence-electron chi connectivity index (χ2n) is 1.39. The second-order valence-corrected chi connectivity index (χ2v) is 1.39. The van der Waals surface area contributed by atoms with Crippen molar-refractivity contribution in [2.75, 3.05) is 0 Å². The average Bonchev–Trinajstić information content (AvgIpc) is 1.76. The predicted molar refractivity (Wildman–Crippen MR) is 72.1 cm³/mol. The summed E-state index contributed by atoms with van der Waals surface area (Å²) in [6.07, 6.45) is 0. The van der Waals surface area contributed by atoms with Crippen molar-refractivity contribution in [2.24, 2.45) is 0 Å². The van der Waals surface area contributed by atoms with Crippen molar-refractivity contribution in [3.05, 3.63) is 0 Å². The summed E-state index contributed by atoms with van der Waals surface area (Å²) >= 11 is 0. The van der Waals surface area contributed by atoms with Gasteiger partial charge in [0.25, 0.3) is 0 Å². The van der Waals surface area contributed by atoms with E-state index in [1.165, 1.54) is 0 Å². The third-order valence-corrected chi connectivity index (χ3v) is 0. The van der Waals surface area contributed by atoms with E-state index in [-0.39, 0.29) is 70.2 Å². The third kappa shape index (κ3) is 6360. The minimum Gasteiger partial charge on any atom is -1.00 e. The molecule has 0 radical (unpaired) electrons. The van der Waals surface area contributed by atoms with Gasteiger partial charge in [0.2, 0.25) is 0 Å². The van der Waals surface area contributed by atoms with E-state index in [9.17, 15) is 0 Å². The first-order chi connectivity index (χ1) is 6.93. The molecule has 0 unspecified atom stereocenters. The fourth-order valence-electron chi connectivity index (χ4n) is 0. The van der Waals surface area contributed by atoms with Crippen LogP contribution in [0.15, 0.2) is 0 Å². The van der Waals surface area contributed by atoms with Crippen LogP contribution in [0.5, 0.6) is 0 Å². The molecule has 0 saturated heterocycles. The summed E-state index contributed by atoms with van der Waals surface area (Å²) in [4.78, 5) is 0. The van der Waals surface area contributed by atoms with Crippen LogP contribution in [0.3, 0.4) is 0 Å². The Kier molecular flexibility index (Phi) is 136. The van der Waals surface area contributed by atoms with Crippen LogP contribution in [0, 0.1) is 0 Å². The smallest absolute Gasteiger partial charge is 1.00 e. The van der Waals surface area contributed by atoms with Gasteiger partial charge in [-0.2, -0.15) is 0 Å². The van der Waals surface area contributed by atoms with Gasteiger partial charge in [0, 0.05) is 0 Å². The molecule has 0 aliphatic heterocycles. The van der Waals surface area contributed by atoms with Gasteiger partial charge in [-0.15, -0.1) is 0 Å². The van der Waals surface area contributed by atoms with Crippen molar-refractivity contribution < 1.29 is 85.0 Å². The molecule has 21 heteroatoms. The summed E-state index contributed by atoms with van der Waals surface area (Å²) in [7, 11) is -8.67. The summed E-state index contributed by atoms with van der Waals surface area (Å²) in [5.41, 5.74) is 0. The second kappa shape index (κ2) is 49.7. The van der Waals surface area contributed by atoms with E-state index in [0.29, 0.717) is 0 Å². The Morgan fingerprint density at radius 2 is 0.333 bits per heavy atom. The summed E-state index contributed by atoms with van der Waals surface area (Å²) in [6.45, 7) is 0. The first kappa shape index (κ1) is 57.3. The van der Waals surface area contributed by atoms with Crippen LogP contribution in [0.4, 0.5) is 0 Å². The Morgan fingerprint density at radius 1 is 0.333 bits per heavy atom. The molecule has 0 saturated carbocycles. The van der Waals surface area contributed by atoms with Gasteiger partial charge in [-0.25, -0.2) is 0 Å². The minimum atomic E-state index is -2.17. The first-order valence-corrected chi connectivity index (χ1v) is 3.10. The fraction of sp³-hybridized carbons (Fsp3) is 0. The standard InChI is InChI=1S/4BH3O3.4H2O.Sr.2H/c4*2-1(3)4;;;;;;;/h4*2-4H;4*1H2;;;/q;;;;;;;;+2;2*-1. The molecule has 20 N–H and O–H groups in total. The summed E-state index contributed by atoms with van der Waals surface area (Å²) in [5.74, 6) is 0. The van der Waals surface area contributed by atoms with Crippen molar-refractivity contribution in [3.63, 3.8) is 0 Å². The molecule has 0 aliphatic rings. The van der Waals surface area contributed by atoms with Crippen LogP contribution >= 0.6 is 0 Å². The number of rotatable bonds is 0. The predicted octanol–water partition coefficient (Wildman–Crippen LogP) is -11.7. The van der Waals surface area contributed by atoms with E-state index >= 15 is 0 Å². The molecule has 0 aromatic carbocycles. The zero-order chi connectivity index (χ0) is 14.3. The average molecular weight is 409 g/mol. The van der Waals surface area contributed by atoms with Gasteiger partial charge in [0.15, 0.2) is 0 Å². The molecule has 0 heterocycles. The number of hydrogen-bond donors (Lipinski definition) is 12. The van der Waals surface area contributed by atoms with E-state index in [4.69, 9.17) is 60.3 Å². The Hall–Kier alpha value is 1.10. The third-order valence-electron chi connectivity index (χ3n) is 0. The monoisotopic (exact) mass is 410 g/mol. The van der Waals surface area contributed by atoms with E-state index < -0.39 is 29.3 Å². The zero-order valence-corrected chi connectivity index (χ0v) is 13.9. The maximum absolute atomic E-state index is 7.17. The molecular weight excluding hydrogens is 387 g/mol. The molecule has 0 aliphatic carbocycles. The largest absolute Gasteiger partial charge is 2.00 e. The molecule has 0 bridgehead atoms. The molecule has 0 amide bonds. The SMILES string of the molecule is O.O.O.O.OB(O)O.OB(O)O.OB(O)O.OB(O)O.[H-].[H-].[Sr+2]. The minimum absolute atomic E-state index is 0. The molecule has 0 fully saturated rings. The van der Waals surface area contributed by atoms with Crippen LogP contribution in [0.25, 0.3) is 0 Å². The molecule has 0 atom stereocenters. The zero-order valence-electron chi connectivity index (χ0n) is 12.4. The van der Waals surface area contributed by atoms with Crippen LogP contribution in [0.2, 0.25) is 0 Å². The van der Waals surface area contributed by atoms with Crippen LogP contribution in [0.1, 0.15) is 2.85 Å². The van der Waals surface area contributed by atoms with Crippen molar-refractivity contribution in [1.82, 2.24) is 0 Å². The van der Waals surface area contributed by atoms with Crippen LogP contribution < -0.4 is 0 Å². The van der Waals surface area contributed by atoms with Crippen LogP contribution in [-0.4, -0.2) is 157 Å². The molecule has 0 aromatic rings. The van der Waals surface area contributed by atoms with E-state index in [1.807, 2.05) is 0 Å². The molecule has 21 heavy (non-hydrogen) atoms. The first-order valence-electron chi connectivity index (χ1n) is 3.10. The van der Waals surface area contributed by atoms with Gasteiger partial charge in [-0.3, -0.25) is 0 Å². The molecular formula is H22B4O16Sr. The van der Waals surface area contributed by atoms with Gasteiger partial charge in [-0.1, -0.05) is 0 Å². The van der Waals surface area contributed by atoms with Crippen molar-refractivity contribution >= 4 is 74.8 Å². The molecule has 0 spiro atoms. The van der Waals surface area contributed by atoms with Gasteiger partial charge in [0.05, 0.1) is 0 Å². The maximum atomic E-state index is 7.17. The van der Waals surface area contributed by atoms with Gasteiger partial charge in [0.1, 0.15) is 0 Å². The number of hydrogen-bond acceptors (Lipinski definition) is 12. The van der Waals surface area contributed by atoms with E-state index in [1.54, 1.807) is 0 Å². The van der Waals surface area contributed by atoms with Gasteiger partial charge >= 0.3 is 74.8 Å². The Bertz CT molecular complexity index is 73.1. The summed E-state index contributed by atoms with van der Waals surface area (Å²) in [5, 5.41) is 86.0. The molecule has 16 nitrogen and oxygen atoms in total. The van der Waals surface area contributed by atoms with Crippen molar-refractivity contribution in [2.45, 2.75) is 0 Å². The molecule has 132 valence electrons. The topological polar surface area (TPSA) is 369 Å². The van der Waals surface area contributed by atoms with Gasteiger partial charge in [-0.05, 0) is 0 Å². The van der Waals surface area contributed by atoms with Crippen molar-refractivity contribution in [1.29, 1.82) is 0 Å². The Balaban J connectivity index is -0.00000000842. The Labute approximate surface area is 159 Å². The summed E-state index contributed by atoms with van der Waals surface area (Å²) < 4.78 is 0. The van der Waals surface area contributed by atoms with Gasteiger partial charge < -0.3 is 85.0 Å². The fourth-order valence-corrected chi connectivity index (χ4v) is 0. The normalized spacial score (nSPS) is 5.14. The van der Waals surface area contributed by atoms with E-state index in [0.717, 1.165) is 0 Å². The quantitative estimate of drug-likeness (QED) is 0.166.